The Hall–Kier alpha value is -3.52. The standard InChI is InChI=1S/C24H26N2O6/c1-3-10-25-21(27)13-26-12-18(16-6-9-19-20(11-16)32-14-31-19)22(24(28)29)23(26)15-4-7-17(30-2)8-5-15/h3-9,11,18,22-23H,1,10,12-14H2,2H3,(H,25,27)(H,28,29)/t18-,22+,23-/m1/s1. The molecule has 0 aliphatic carbocycles. The van der Waals surface area contributed by atoms with Crippen molar-refractivity contribution in [3.05, 3.63) is 66.2 Å². The van der Waals surface area contributed by atoms with E-state index in [1.807, 2.05) is 29.2 Å². The molecule has 0 radical (unpaired) electrons. The fourth-order valence-corrected chi connectivity index (χ4v) is 4.50. The zero-order valence-corrected chi connectivity index (χ0v) is 17.8. The van der Waals surface area contributed by atoms with Gasteiger partial charge >= 0.3 is 5.97 Å². The molecule has 0 bridgehead atoms. The number of methoxy groups -OCH3 is 1. The maximum absolute atomic E-state index is 12.5. The van der Waals surface area contributed by atoms with E-state index in [1.54, 1.807) is 31.4 Å². The van der Waals surface area contributed by atoms with Crippen LogP contribution in [0.5, 0.6) is 17.2 Å². The highest BCUT2D eigenvalue weighted by Crippen LogP contribution is 2.47. The molecule has 3 atom stereocenters. The van der Waals surface area contributed by atoms with Gasteiger partial charge in [0.2, 0.25) is 12.7 Å². The number of ether oxygens (including phenoxy) is 3. The summed E-state index contributed by atoms with van der Waals surface area (Å²) in [6, 6.07) is 12.4. The number of hydrogen-bond donors (Lipinski definition) is 2. The number of fused-ring (bicyclic) bond motifs is 1. The van der Waals surface area contributed by atoms with Crippen molar-refractivity contribution in [3.63, 3.8) is 0 Å². The van der Waals surface area contributed by atoms with E-state index in [0.29, 0.717) is 30.3 Å². The molecule has 0 aromatic heterocycles. The van der Waals surface area contributed by atoms with Crippen molar-refractivity contribution >= 4 is 11.9 Å². The van der Waals surface area contributed by atoms with Crippen LogP contribution >= 0.6 is 0 Å². The summed E-state index contributed by atoms with van der Waals surface area (Å²) in [4.78, 5) is 26.9. The Balaban J connectivity index is 1.70. The van der Waals surface area contributed by atoms with Gasteiger partial charge in [-0.15, -0.1) is 6.58 Å². The molecule has 32 heavy (non-hydrogen) atoms. The number of carboxylic acid groups (broad SMARTS) is 1. The number of carbonyl (C=O) groups is 2. The molecule has 0 spiro atoms. The second-order valence-corrected chi connectivity index (χ2v) is 7.82. The van der Waals surface area contributed by atoms with Crippen LogP contribution < -0.4 is 19.5 Å². The Kier molecular flexibility index (Phi) is 6.32. The average molecular weight is 438 g/mol. The third-order valence-corrected chi connectivity index (χ3v) is 5.96. The molecule has 0 saturated carbocycles. The highest BCUT2D eigenvalue weighted by molar-refractivity contribution is 5.79. The molecule has 8 heteroatoms. The number of hydrogen-bond acceptors (Lipinski definition) is 6. The van der Waals surface area contributed by atoms with E-state index in [9.17, 15) is 14.7 Å². The van der Waals surface area contributed by atoms with Crippen LogP contribution in [-0.4, -0.2) is 55.4 Å². The molecule has 2 aromatic carbocycles. The topological polar surface area (TPSA) is 97.3 Å². The fourth-order valence-electron chi connectivity index (χ4n) is 4.50. The molecule has 1 saturated heterocycles. The highest BCUT2D eigenvalue weighted by Gasteiger charge is 2.48. The highest BCUT2D eigenvalue weighted by atomic mass is 16.7. The molecule has 2 heterocycles. The number of amides is 1. The molecule has 4 rings (SSSR count). The van der Waals surface area contributed by atoms with E-state index in [-0.39, 0.29) is 25.2 Å². The lowest BCUT2D eigenvalue weighted by Crippen LogP contribution is -2.38. The van der Waals surface area contributed by atoms with Gasteiger partial charge in [0, 0.05) is 25.0 Å². The number of benzene rings is 2. The SMILES string of the molecule is C=CCNC(=O)CN1C[C@H](c2ccc3c(c2)OCO3)[C@H](C(=O)O)[C@H]1c1ccc(OC)cc1. The van der Waals surface area contributed by atoms with Gasteiger partial charge in [0.25, 0.3) is 0 Å². The number of carboxylic acids is 1. The number of rotatable bonds is 8. The second-order valence-electron chi connectivity index (χ2n) is 7.82. The zero-order chi connectivity index (χ0) is 22.7. The Morgan fingerprint density at radius 1 is 1.19 bits per heavy atom. The van der Waals surface area contributed by atoms with E-state index in [2.05, 4.69) is 11.9 Å². The van der Waals surface area contributed by atoms with Crippen LogP contribution in [0.3, 0.4) is 0 Å². The van der Waals surface area contributed by atoms with Crippen LogP contribution in [0, 0.1) is 5.92 Å². The van der Waals surface area contributed by atoms with E-state index < -0.39 is 17.9 Å². The first kappa shape index (κ1) is 21.7. The molecule has 2 aliphatic heterocycles. The number of likely N-dealkylation sites (tertiary alicyclic amines) is 1. The smallest absolute Gasteiger partial charge is 0.309 e. The van der Waals surface area contributed by atoms with Crippen molar-refractivity contribution in [2.75, 3.05) is 33.5 Å². The number of nitrogens with zero attached hydrogens (tertiary/aromatic N) is 1. The molecule has 1 fully saturated rings. The van der Waals surface area contributed by atoms with Crippen molar-refractivity contribution in [1.29, 1.82) is 0 Å². The predicted molar refractivity (Wildman–Crippen MR) is 117 cm³/mol. The van der Waals surface area contributed by atoms with Gasteiger partial charge in [-0.2, -0.15) is 0 Å². The number of aliphatic carboxylic acids is 1. The summed E-state index contributed by atoms with van der Waals surface area (Å²) in [6.45, 7) is 4.61. The first-order valence-electron chi connectivity index (χ1n) is 10.4. The molecule has 8 nitrogen and oxygen atoms in total. The van der Waals surface area contributed by atoms with Gasteiger partial charge in [0.05, 0.1) is 19.6 Å². The fraction of sp³-hybridized carbons (Fsp3) is 0.333. The molecule has 168 valence electrons. The monoisotopic (exact) mass is 438 g/mol. The van der Waals surface area contributed by atoms with E-state index in [1.165, 1.54) is 0 Å². The zero-order valence-electron chi connectivity index (χ0n) is 17.8. The molecular weight excluding hydrogens is 412 g/mol. The van der Waals surface area contributed by atoms with Gasteiger partial charge in [-0.05, 0) is 35.4 Å². The van der Waals surface area contributed by atoms with Gasteiger partial charge in [-0.1, -0.05) is 24.3 Å². The van der Waals surface area contributed by atoms with Crippen LogP contribution in [0.25, 0.3) is 0 Å². The summed E-state index contributed by atoms with van der Waals surface area (Å²) < 4.78 is 16.1. The maximum atomic E-state index is 12.5. The Morgan fingerprint density at radius 3 is 2.59 bits per heavy atom. The third-order valence-electron chi connectivity index (χ3n) is 5.96. The van der Waals surface area contributed by atoms with Gasteiger partial charge in [0.15, 0.2) is 11.5 Å². The van der Waals surface area contributed by atoms with Crippen molar-refractivity contribution in [1.82, 2.24) is 10.2 Å². The number of nitrogens with one attached hydrogen (secondary N) is 1. The third kappa shape index (κ3) is 4.27. The molecule has 1 amide bonds. The molecule has 2 aliphatic rings. The van der Waals surface area contributed by atoms with E-state index >= 15 is 0 Å². The Bertz CT molecular complexity index is 1010. The maximum Gasteiger partial charge on any atom is 0.309 e. The quantitative estimate of drug-likeness (QED) is 0.612. The van der Waals surface area contributed by atoms with Crippen LogP contribution in [-0.2, 0) is 9.59 Å². The van der Waals surface area contributed by atoms with Crippen LogP contribution in [0.1, 0.15) is 23.1 Å². The summed E-state index contributed by atoms with van der Waals surface area (Å²) in [6.07, 6.45) is 1.61. The molecule has 0 unspecified atom stereocenters. The van der Waals surface area contributed by atoms with Crippen LogP contribution in [0.4, 0.5) is 0 Å². The first-order valence-corrected chi connectivity index (χ1v) is 10.4. The van der Waals surface area contributed by atoms with Crippen LogP contribution in [0.15, 0.2) is 55.1 Å². The predicted octanol–water partition coefficient (Wildman–Crippen LogP) is 2.57. The van der Waals surface area contributed by atoms with Gasteiger partial charge in [-0.3, -0.25) is 14.5 Å². The van der Waals surface area contributed by atoms with Gasteiger partial charge < -0.3 is 24.6 Å². The lowest BCUT2D eigenvalue weighted by atomic mass is 9.82. The van der Waals surface area contributed by atoms with Crippen LogP contribution in [0.2, 0.25) is 0 Å². The lowest BCUT2D eigenvalue weighted by Gasteiger charge is -2.27. The summed E-state index contributed by atoms with van der Waals surface area (Å²) in [5.74, 6) is -0.249. The Labute approximate surface area is 186 Å². The van der Waals surface area contributed by atoms with E-state index in [4.69, 9.17) is 14.2 Å². The largest absolute Gasteiger partial charge is 0.497 e. The van der Waals surface area contributed by atoms with Crippen molar-refractivity contribution in [2.45, 2.75) is 12.0 Å². The summed E-state index contributed by atoms with van der Waals surface area (Å²) in [5.41, 5.74) is 1.66. The number of carbonyl (C=O) groups excluding carboxylic acids is 1. The van der Waals surface area contributed by atoms with E-state index in [0.717, 1.165) is 11.1 Å². The minimum Gasteiger partial charge on any atom is -0.497 e. The lowest BCUT2D eigenvalue weighted by molar-refractivity contribution is -0.143. The van der Waals surface area contributed by atoms with Gasteiger partial charge in [0.1, 0.15) is 5.75 Å². The summed E-state index contributed by atoms with van der Waals surface area (Å²) in [5, 5.41) is 13.0. The molecular formula is C24H26N2O6. The second kappa shape index (κ2) is 9.32. The average Bonchev–Trinajstić information content (AvgIpc) is 3.42. The van der Waals surface area contributed by atoms with Gasteiger partial charge in [-0.25, -0.2) is 0 Å². The summed E-state index contributed by atoms with van der Waals surface area (Å²) in [7, 11) is 1.58. The molecule has 2 N–H and O–H groups in total. The minimum absolute atomic E-state index is 0.0787. The Morgan fingerprint density at radius 2 is 1.91 bits per heavy atom. The van der Waals surface area contributed by atoms with Crippen molar-refractivity contribution < 1.29 is 28.9 Å². The van der Waals surface area contributed by atoms with Crippen molar-refractivity contribution in [3.8, 4) is 17.2 Å². The molecule has 2 aromatic rings. The minimum atomic E-state index is -0.914. The summed E-state index contributed by atoms with van der Waals surface area (Å²) >= 11 is 0. The van der Waals surface area contributed by atoms with Crippen molar-refractivity contribution in [2.24, 2.45) is 5.92 Å². The normalized spacial score (nSPS) is 21.8. The first-order chi connectivity index (χ1) is 15.5.